The van der Waals surface area contributed by atoms with Gasteiger partial charge in [-0.15, -0.1) is 0 Å². The Bertz CT molecular complexity index is 470. The van der Waals surface area contributed by atoms with Crippen molar-refractivity contribution in [3.05, 3.63) is 0 Å². The van der Waals surface area contributed by atoms with E-state index in [9.17, 15) is 4.21 Å². The van der Waals surface area contributed by atoms with Gasteiger partial charge >= 0.3 is 0 Å². The molecule has 0 saturated heterocycles. The smallest absolute Gasteiger partial charge is 0.184 e. The summed E-state index contributed by atoms with van der Waals surface area (Å²) in [5.74, 6) is 1.72. The molecule has 0 aromatic carbocycles. The maximum Gasteiger partial charge on any atom is 0.184 e. The second-order valence-corrected chi connectivity index (χ2v) is 14.6. The van der Waals surface area contributed by atoms with Crippen molar-refractivity contribution in [2.24, 2.45) is 27.1 Å². The van der Waals surface area contributed by atoms with Crippen molar-refractivity contribution < 1.29 is 8.63 Å². The summed E-state index contributed by atoms with van der Waals surface area (Å²) in [5, 5.41) is 0. The summed E-state index contributed by atoms with van der Waals surface area (Å²) in [4.78, 5) is 0. The second-order valence-electron chi connectivity index (χ2n) is 9.03. The molecule has 0 aliphatic heterocycles. The zero-order chi connectivity index (χ0) is 16.8. The minimum absolute atomic E-state index is 0.0388. The highest BCUT2D eigenvalue weighted by Gasteiger charge is 2.65. The third kappa shape index (κ3) is 3.41. The molecular formula is C17H33NO2SSi. The normalized spacial score (nSPS) is 35.6. The van der Waals surface area contributed by atoms with E-state index in [4.69, 9.17) is 4.43 Å². The lowest BCUT2D eigenvalue weighted by Crippen LogP contribution is -2.47. The fraction of sp³-hybridized carbons (Fsp3) is 0.941. The Hall–Kier alpha value is -0.00312. The van der Waals surface area contributed by atoms with Crippen molar-refractivity contribution in [1.82, 2.24) is 0 Å². The largest absolute Gasteiger partial charge is 0.414 e. The summed E-state index contributed by atoms with van der Waals surface area (Å²) in [6.45, 7) is 15.6. The third-order valence-corrected chi connectivity index (χ3v) is 7.82. The molecule has 0 heterocycles. The van der Waals surface area contributed by atoms with Crippen LogP contribution in [0.25, 0.3) is 0 Å². The molecular weight excluding hydrogens is 310 g/mol. The van der Waals surface area contributed by atoms with E-state index in [-0.39, 0.29) is 16.9 Å². The summed E-state index contributed by atoms with van der Waals surface area (Å²) in [7, 11) is -2.73. The van der Waals surface area contributed by atoms with Gasteiger partial charge in [-0.05, 0) is 56.2 Å². The van der Waals surface area contributed by atoms with Crippen molar-refractivity contribution in [3.63, 3.8) is 0 Å². The van der Waals surface area contributed by atoms with Gasteiger partial charge in [-0.2, -0.15) is 4.40 Å². The molecule has 0 aromatic rings. The zero-order valence-corrected chi connectivity index (χ0v) is 17.1. The van der Waals surface area contributed by atoms with Crippen LogP contribution in [0.3, 0.4) is 0 Å². The van der Waals surface area contributed by atoms with E-state index in [1.807, 2.05) is 6.21 Å². The highest BCUT2D eigenvalue weighted by molar-refractivity contribution is 7.83. The quantitative estimate of drug-likeness (QED) is 0.529. The molecule has 2 aliphatic rings. The molecule has 0 radical (unpaired) electrons. The summed E-state index contributed by atoms with van der Waals surface area (Å²) >= 11 is 0. The number of rotatable bonds is 6. The lowest BCUT2D eigenvalue weighted by Gasteiger charge is -2.43. The van der Waals surface area contributed by atoms with Gasteiger partial charge in [0.25, 0.3) is 0 Å². The fourth-order valence-corrected chi connectivity index (χ4v) is 7.15. The Morgan fingerprint density at radius 2 is 2.00 bits per heavy atom. The van der Waals surface area contributed by atoms with E-state index in [0.717, 1.165) is 12.8 Å². The lowest BCUT2D eigenvalue weighted by atomic mass is 9.70. The zero-order valence-electron chi connectivity index (χ0n) is 15.3. The summed E-state index contributed by atoms with van der Waals surface area (Å²) in [6, 6.07) is 0. The van der Waals surface area contributed by atoms with Crippen LogP contribution in [-0.2, 0) is 15.4 Å². The van der Waals surface area contributed by atoms with Crippen molar-refractivity contribution in [2.45, 2.75) is 72.7 Å². The Labute approximate surface area is 140 Å². The molecule has 2 saturated carbocycles. The van der Waals surface area contributed by atoms with Crippen LogP contribution < -0.4 is 0 Å². The lowest BCUT2D eigenvalue weighted by molar-refractivity contribution is 0.0287. The SMILES string of the molecule is CC(C)/C=N/[S@@](=O)C[C@]12CC[C@H](C[C@H]1O[Si](C)(C)C)C2(C)C. The van der Waals surface area contributed by atoms with Crippen LogP contribution in [0, 0.1) is 22.7 Å². The van der Waals surface area contributed by atoms with Crippen LogP contribution in [0.2, 0.25) is 19.6 Å². The molecule has 0 N–H and O–H groups in total. The van der Waals surface area contributed by atoms with Gasteiger partial charge in [0.2, 0.25) is 0 Å². The van der Waals surface area contributed by atoms with Gasteiger partial charge in [-0.1, -0.05) is 27.7 Å². The Morgan fingerprint density at radius 1 is 1.36 bits per heavy atom. The van der Waals surface area contributed by atoms with E-state index in [1.165, 1.54) is 6.42 Å². The molecule has 2 fully saturated rings. The molecule has 128 valence electrons. The molecule has 3 nitrogen and oxygen atoms in total. The Morgan fingerprint density at radius 3 is 2.50 bits per heavy atom. The van der Waals surface area contributed by atoms with Crippen LogP contribution in [0.1, 0.15) is 47.0 Å². The maximum absolute atomic E-state index is 12.6. The molecule has 0 spiro atoms. The predicted molar refractivity (Wildman–Crippen MR) is 98.1 cm³/mol. The summed E-state index contributed by atoms with van der Waals surface area (Å²) in [6.07, 6.45) is 5.63. The molecule has 0 aromatic heterocycles. The molecule has 0 unspecified atom stereocenters. The monoisotopic (exact) mass is 343 g/mol. The van der Waals surface area contributed by atoms with Gasteiger partial charge in [-0.25, -0.2) is 4.21 Å². The first-order chi connectivity index (χ1) is 9.98. The standard InChI is InChI=1S/C17H33NO2SSi/c1-13(2)11-18-21(19)12-17-9-8-14(16(17,3)4)10-15(17)20-22(5,6)7/h11,13-15H,8-10,12H2,1-7H3/b18-11+/t14-,15-,17-,21+/m1/s1. The van der Waals surface area contributed by atoms with Crippen LogP contribution >= 0.6 is 0 Å². The van der Waals surface area contributed by atoms with Crippen molar-refractivity contribution in [3.8, 4) is 0 Å². The number of hydrogen-bond donors (Lipinski definition) is 0. The van der Waals surface area contributed by atoms with Gasteiger partial charge in [0, 0.05) is 11.6 Å². The predicted octanol–water partition coefficient (Wildman–Crippen LogP) is 4.42. The van der Waals surface area contributed by atoms with Crippen LogP contribution in [0.15, 0.2) is 4.40 Å². The molecule has 2 aliphatic carbocycles. The van der Waals surface area contributed by atoms with Crippen LogP contribution in [-0.4, -0.2) is 30.6 Å². The summed E-state index contributed by atoms with van der Waals surface area (Å²) in [5.41, 5.74) is 0.247. The molecule has 2 rings (SSSR count). The van der Waals surface area contributed by atoms with E-state index in [2.05, 4.69) is 51.7 Å². The van der Waals surface area contributed by atoms with Gasteiger partial charge < -0.3 is 4.43 Å². The third-order valence-electron chi connectivity index (χ3n) is 5.71. The number of nitrogens with zero attached hydrogens (tertiary/aromatic N) is 1. The Balaban J connectivity index is 2.23. The molecule has 22 heavy (non-hydrogen) atoms. The van der Waals surface area contributed by atoms with Gasteiger partial charge in [0.1, 0.15) is 11.0 Å². The minimum Gasteiger partial charge on any atom is -0.414 e. The minimum atomic E-state index is -1.59. The molecule has 2 bridgehead atoms. The number of fused-ring (bicyclic) bond motifs is 2. The number of hydrogen-bond acceptors (Lipinski definition) is 2. The first-order valence-electron chi connectivity index (χ1n) is 8.58. The van der Waals surface area contributed by atoms with E-state index < -0.39 is 19.3 Å². The van der Waals surface area contributed by atoms with Crippen LogP contribution in [0.5, 0.6) is 0 Å². The van der Waals surface area contributed by atoms with Gasteiger partial charge in [-0.3, -0.25) is 0 Å². The topological polar surface area (TPSA) is 38.7 Å². The van der Waals surface area contributed by atoms with Crippen molar-refractivity contribution in [2.75, 3.05) is 5.75 Å². The molecule has 4 atom stereocenters. The maximum atomic E-state index is 12.6. The van der Waals surface area contributed by atoms with Crippen molar-refractivity contribution in [1.29, 1.82) is 0 Å². The fourth-order valence-electron chi connectivity index (χ4n) is 4.38. The summed E-state index contributed by atoms with van der Waals surface area (Å²) < 4.78 is 23.4. The van der Waals surface area contributed by atoms with E-state index in [0.29, 0.717) is 17.6 Å². The van der Waals surface area contributed by atoms with Gasteiger partial charge in [0.05, 0.1) is 11.9 Å². The highest BCUT2D eigenvalue weighted by Crippen LogP contribution is 2.67. The Kier molecular flexibility index (Phi) is 5.11. The molecule has 0 amide bonds. The van der Waals surface area contributed by atoms with Crippen LogP contribution in [0.4, 0.5) is 0 Å². The highest BCUT2D eigenvalue weighted by atomic mass is 32.2. The van der Waals surface area contributed by atoms with Crippen molar-refractivity contribution >= 4 is 25.5 Å². The van der Waals surface area contributed by atoms with E-state index >= 15 is 0 Å². The average molecular weight is 344 g/mol. The second kappa shape index (κ2) is 6.13. The van der Waals surface area contributed by atoms with E-state index in [1.54, 1.807) is 0 Å². The first kappa shape index (κ1) is 18.3. The van der Waals surface area contributed by atoms with Gasteiger partial charge in [0.15, 0.2) is 8.32 Å². The average Bonchev–Trinajstić information content (AvgIpc) is 2.69. The first-order valence-corrected chi connectivity index (χ1v) is 13.3. The molecule has 5 heteroatoms.